The second kappa shape index (κ2) is 4.33. The molecule has 3 nitrogen and oxygen atoms in total. The molecule has 15 heavy (non-hydrogen) atoms. The maximum Gasteiger partial charge on any atom is 0.511 e. The summed E-state index contributed by atoms with van der Waals surface area (Å²) in [4.78, 5) is 14.4. The van der Waals surface area contributed by atoms with Crippen molar-refractivity contribution in [1.82, 2.24) is 4.98 Å². The lowest BCUT2D eigenvalue weighted by Crippen LogP contribution is -2.34. The van der Waals surface area contributed by atoms with E-state index >= 15 is 0 Å². The molecule has 0 saturated carbocycles. The summed E-state index contributed by atoms with van der Waals surface area (Å²) in [5.74, 6) is -0.723. The molecule has 0 amide bonds. The highest BCUT2D eigenvalue weighted by Crippen LogP contribution is 2.08. The highest BCUT2D eigenvalue weighted by molar-refractivity contribution is 6.73. The number of halogens is 3. The summed E-state index contributed by atoms with van der Waals surface area (Å²) >= 11 is 0. The lowest BCUT2D eigenvalue weighted by Gasteiger charge is -2.13. The van der Waals surface area contributed by atoms with Gasteiger partial charge in [0.1, 0.15) is 5.69 Å². The number of aromatic nitrogens is 1. The standard InChI is InChI=1S/C8H8BF3NO2/c1-2-15-8(14)7-4-3-6(5-13-7)9(10,11)12/h3-5H,2H2,1H3/q-1. The van der Waals surface area contributed by atoms with Crippen molar-refractivity contribution in [1.29, 1.82) is 0 Å². The van der Waals surface area contributed by atoms with E-state index in [4.69, 9.17) is 0 Å². The SMILES string of the molecule is CCOC(=O)c1ccc([B-](F)(F)F)cn1. The third-order valence-electron chi connectivity index (χ3n) is 1.65. The van der Waals surface area contributed by atoms with Crippen molar-refractivity contribution in [3.63, 3.8) is 0 Å². The molecule has 0 N–H and O–H groups in total. The molecule has 82 valence electrons. The molecule has 0 spiro atoms. The molecule has 0 atom stereocenters. The quantitative estimate of drug-likeness (QED) is 0.567. The van der Waals surface area contributed by atoms with Crippen molar-refractivity contribution in [3.8, 4) is 0 Å². The van der Waals surface area contributed by atoms with Gasteiger partial charge in [0.15, 0.2) is 0 Å². The average molecular weight is 218 g/mol. The van der Waals surface area contributed by atoms with Gasteiger partial charge in [-0.15, -0.1) is 0 Å². The minimum absolute atomic E-state index is 0.124. The minimum atomic E-state index is -5.07. The zero-order valence-electron chi connectivity index (χ0n) is 7.91. The molecule has 1 heterocycles. The van der Waals surface area contributed by atoms with Crippen LogP contribution in [0.25, 0.3) is 0 Å². The predicted octanol–water partition coefficient (Wildman–Crippen LogP) is 1.31. The van der Waals surface area contributed by atoms with E-state index in [1.54, 1.807) is 6.92 Å². The maximum atomic E-state index is 12.2. The van der Waals surface area contributed by atoms with E-state index in [9.17, 15) is 17.7 Å². The first-order valence-corrected chi connectivity index (χ1v) is 4.28. The van der Waals surface area contributed by atoms with Crippen molar-refractivity contribution >= 4 is 18.4 Å². The molecule has 0 bridgehead atoms. The molecular weight excluding hydrogens is 210 g/mol. The summed E-state index contributed by atoms with van der Waals surface area (Å²) in [6, 6.07) is 1.82. The Hall–Kier alpha value is -1.53. The van der Waals surface area contributed by atoms with E-state index in [2.05, 4.69) is 9.72 Å². The average Bonchev–Trinajstić information content (AvgIpc) is 2.17. The number of esters is 1. The molecule has 0 aliphatic rings. The number of carbonyl (C=O) groups is 1. The van der Waals surface area contributed by atoms with Crippen molar-refractivity contribution in [2.75, 3.05) is 6.61 Å². The van der Waals surface area contributed by atoms with E-state index in [0.29, 0.717) is 6.20 Å². The highest BCUT2D eigenvalue weighted by atomic mass is 19.4. The van der Waals surface area contributed by atoms with Gasteiger partial charge in [0.05, 0.1) is 6.61 Å². The molecule has 1 rings (SSSR count). The van der Waals surface area contributed by atoms with Crippen molar-refractivity contribution in [3.05, 3.63) is 24.0 Å². The van der Waals surface area contributed by atoms with Gasteiger partial charge >= 0.3 is 12.9 Å². The van der Waals surface area contributed by atoms with Crippen LogP contribution < -0.4 is 5.46 Å². The molecular formula is C8H8BF3NO2-. The van der Waals surface area contributed by atoms with Crippen LogP contribution in [-0.2, 0) is 4.74 Å². The Bertz CT molecular complexity index is 350. The second-order valence-electron chi connectivity index (χ2n) is 2.77. The maximum absolute atomic E-state index is 12.2. The number of rotatable bonds is 3. The summed E-state index contributed by atoms with van der Waals surface area (Å²) in [5, 5.41) is 0. The lowest BCUT2D eigenvalue weighted by atomic mass is 9.81. The van der Waals surface area contributed by atoms with Gasteiger partial charge in [-0.1, -0.05) is 11.5 Å². The Kier molecular flexibility index (Phi) is 3.33. The van der Waals surface area contributed by atoms with Crippen LogP contribution in [-0.4, -0.2) is 24.5 Å². The van der Waals surface area contributed by atoms with Crippen LogP contribution in [0.15, 0.2) is 18.3 Å². The molecule has 0 radical (unpaired) electrons. The summed E-state index contributed by atoms with van der Waals surface area (Å²) < 4.78 is 41.1. The number of ether oxygens (including phenoxy) is 1. The Morgan fingerprint density at radius 2 is 2.13 bits per heavy atom. The third kappa shape index (κ3) is 2.97. The molecule has 0 aromatic carbocycles. The summed E-state index contributed by atoms with van der Waals surface area (Å²) in [6.45, 7) is -3.30. The summed E-state index contributed by atoms with van der Waals surface area (Å²) in [5.41, 5.74) is -0.955. The van der Waals surface area contributed by atoms with E-state index in [1.165, 1.54) is 0 Å². The van der Waals surface area contributed by atoms with Gasteiger partial charge in [-0.05, 0) is 13.0 Å². The second-order valence-corrected chi connectivity index (χ2v) is 2.77. The summed E-state index contributed by atoms with van der Waals surface area (Å²) in [7, 11) is 0. The van der Waals surface area contributed by atoms with E-state index in [0.717, 1.165) is 12.1 Å². The molecule has 1 aromatic heterocycles. The predicted molar refractivity (Wildman–Crippen MR) is 48.9 cm³/mol. The molecule has 1 aromatic rings. The van der Waals surface area contributed by atoms with Crippen LogP contribution in [0, 0.1) is 0 Å². The number of pyridine rings is 1. The van der Waals surface area contributed by atoms with E-state index in [1.807, 2.05) is 0 Å². The van der Waals surface area contributed by atoms with Gasteiger partial charge in [0.2, 0.25) is 0 Å². The first-order valence-electron chi connectivity index (χ1n) is 4.28. The molecule has 7 heteroatoms. The largest absolute Gasteiger partial charge is 0.511 e. The molecule has 0 aliphatic carbocycles. The van der Waals surface area contributed by atoms with Crippen LogP contribution in [0.3, 0.4) is 0 Å². The van der Waals surface area contributed by atoms with E-state index < -0.39 is 18.4 Å². The van der Waals surface area contributed by atoms with Crippen LogP contribution in [0.5, 0.6) is 0 Å². The fraction of sp³-hybridized carbons (Fsp3) is 0.250. The van der Waals surface area contributed by atoms with Crippen molar-refractivity contribution in [2.24, 2.45) is 0 Å². The Morgan fingerprint density at radius 3 is 2.53 bits per heavy atom. The third-order valence-corrected chi connectivity index (χ3v) is 1.65. The van der Waals surface area contributed by atoms with Crippen LogP contribution in [0.4, 0.5) is 12.9 Å². The van der Waals surface area contributed by atoms with Gasteiger partial charge in [-0.2, -0.15) is 0 Å². The van der Waals surface area contributed by atoms with Gasteiger partial charge in [0, 0.05) is 6.20 Å². The first-order chi connectivity index (χ1) is 6.95. The number of hydrogen-bond acceptors (Lipinski definition) is 3. The zero-order chi connectivity index (χ0) is 11.5. The fourth-order valence-electron chi connectivity index (χ4n) is 0.925. The van der Waals surface area contributed by atoms with Crippen molar-refractivity contribution < 1.29 is 22.5 Å². The molecule has 0 saturated heterocycles. The minimum Gasteiger partial charge on any atom is -0.461 e. The smallest absolute Gasteiger partial charge is 0.461 e. The monoisotopic (exact) mass is 218 g/mol. The first kappa shape index (κ1) is 11.5. The molecule has 0 unspecified atom stereocenters. The topological polar surface area (TPSA) is 39.2 Å². The number of nitrogens with zero attached hydrogens (tertiary/aromatic N) is 1. The molecule has 0 aliphatic heterocycles. The van der Waals surface area contributed by atoms with E-state index in [-0.39, 0.29) is 12.3 Å². The van der Waals surface area contributed by atoms with Crippen LogP contribution in [0.2, 0.25) is 0 Å². The van der Waals surface area contributed by atoms with Gasteiger partial charge in [0.25, 0.3) is 0 Å². The fourth-order valence-corrected chi connectivity index (χ4v) is 0.925. The Balaban J connectivity index is 2.86. The lowest BCUT2D eigenvalue weighted by molar-refractivity contribution is 0.0519. The normalized spacial score (nSPS) is 11.2. The van der Waals surface area contributed by atoms with Crippen LogP contribution >= 0.6 is 0 Å². The van der Waals surface area contributed by atoms with Gasteiger partial charge in [-0.25, -0.2) is 4.79 Å². The number of carbonyl (C=O) groups excluding carboxylic acids is 1. The Labute approximate surface area is 84.3 Å². The zero-order valence-corrected chi connectivity index (χ0v) is 7.91. The molecule has 0 fully saturated rings. The Morgan fingerprint density at radius 1 is 1.47 bits per heavy atom. The summed E-state index contributed by atoms with van der Waals surface area (Å²) in [6.07, 6.45) is 0.631. The van der Waals surface area contributed by atoms with Crippen LogP contribution in [0.1, 0.15) is 17.4 Å². The highest BCUT2D eigenvalue weighted by Gasteiger charge is 2.26. The van der Waals surface area contributed by atoms with Crippen molar-refractivity contribution in [2.45, 2.75) is 6.92 Å². The van der Waals surface area contributed by atoms with Gasteiger partial charge in [-0.3, -0.25) is 4.98 Å². The number of hydrogen-bond donors (Lipinski definition) is 0. The van der Waals surface area contributed by atoms with Gasteiger partial charge < -0.3 is 17.7 Å².